The Hall–Kier alpha value is -2.21. The van der Waals surface area contributed by atoms with E-state index < -0.39 is 0 Å². The van der Waals surface area contributed by atoms with Crippen LogP contribution in [0.4, 0.5) is 0 Å². The first kappa shape index (κ1) is 15.3. The monoisotopic (exact) mass is 326 g/mol. The zero-order valence-electron chi connectivity index (χ0n) is 13.9. The molecule has 2 aliphatic heterocycles. The number of benzene rings is 1. The molecule has 4 rings (SSSR count). The van der Waals surface area contributed by atoms with Gasteiger partial charge in [0.1, 0.15) is 6.10 Å². The summed E-state index contributed by atoms with van der Waals surface area (Å²) < 4.78 is 7.79. The Morgan fingerprint density at radius 3 is 2.71 bits per heavy atom. The summed E-state index contributed by atoms with van der Waals surface area (Å²) in [6.45, 7) is 4.81. The third kappa shape index (κ3) is 2.82. The first-order valence-corrected chi connectivity index (χ1v) is 8.60. The van der Waals surface area contributed by atoms with Gasteiger partial charge in [-0.15, -0.1) is 5.10 Å². The predicted octanol–water partition coefficient (Wildman–Crippen LogP) is 2.42. The van der Waals surface area contributed by atoms with Crippen LogP contribution in [-0.4, -0.2) is 38.9 Å². The molecule has 3 heterocycles. The summed E-state index contributed by atoms with van der Waals surface area (Å²) in [6.07, 6.45) is 2.07. The van der Waals surface area contributed by atoms with Gasteiger partial charge in [-0.1, -0.05) is 42.5 Å². The van der Waals surface area contributed by atoms with Gasteiger partial charge in [-0.05, 0) is 24.3 Å². The van der Waals surface area contributed by atoms with Crippen LogP contribution in [0.1, 0.15) is 47.6 Å². The fourth-order valence-corrected chi connectivity index (χ4v) is 3.41. The average molecular weight is 326 g/mol. The van der Waals surface area contributed by atoms with E-state index >= 15 is 0 Å². The maximum absolute atomic E-state index is 12.7. The molecule has 2 aromatic rings. The highest BCUT2D eigenvalue weighted by molar-refractivity contribution is 5.93. The van der Waals surface area contributed by atoms with Crippen LogP contribution in [0.5, 0.6) is 0 Å². The van der Waals surface area contributed by atoms with E-state index in [4.69, 9.17) is 4.74 Å². The summed E-state index contributed by atoms with van der Waals surface area (Å²) in [6, 6.07) is 10.1. The minimum absolute atomic E-state index is 0.00934. The summed E-state index contributed by atoms with van der Waals surface area (Å²) in [4.78, 5) is 14.6. The van der Waals surface area contributed by atoms with Gasteiger partial charge in [-0.3, -0.25) is 4.79 Å². The molecule has 1 atom stereocenters. The minimum Gasteiger partial charge on any atom is -0.365 e. The number of piperidine rings is 1. The number of amides is 1. The molecule has 0 aliphatic carbocycles. The molecular formula is C18H22N4O2. The summed E-state index contributed by atoms with van der Waals surface area (Å²) in [7, 11) is 0. The highest BCUT2D eigenvalue weighted by atomic mass is 16.5. The van der Waals surface area contributed by atoms with Crippen LogP contribution >= 0.6 is 0 Å². The second-order valence-corrected chi connectivity index (χ2v) is 6.75. The van der Waals surface area contributed by atoms with Gasteiger partial charge in [0.2, 0.25) is 0 Å². The van der Waals surface area contributed by atoms with Crippen molar-refractivity contribution in [3.63, 3.8) is 0 Å². The number of ether oxygens (including phenoxy) is 1. The van der Waals surface area contributed by atoms with E-state index in [0.717, 1.165) is 37.2 Å². The molecule has 6 nitrogen and oxygen atoms in total. The zero-order valence-corrected chi connectivity index (χ0v) is 13.9. The van der Waals surface area contributed by atoms with Crippen molar-refractivity contribution in [2.24, 2.45) is 5.92 Å². The third-order valence-corrected chi connectivity index (χ3v) is 5.04. The Morgan fingerprint density at radius 1 is 1.21 bits per heavy atom. The van der Waals surface area contributed by atoms with Crippen LogP contribution in [0, 0.1) is 5.92 Å². The Balaban J connectivity index is 1.51. The number of fused-ring (bicyclic) bond motifs is 1. The van der Waals surface area contributed by atoms with Gasteiger partial charge in [0, 0.05) is 13.1 Å². The highest BCUT2D eigenvalue weighted by Gasteiger charge is 2.30. The number of carbonyl (C=O) groups is 1. The molecule has 0 spiro atoms. The molecular weight excluding hydrogens is 304 g/mol. The van der Waals surface area contributed by atoms with Crippen LogP contribution in [-0.2, 0) is 17.9 Å². The molecule has 0 unspecified atom stereocenters. The molecule has 2 aliphatic rings. The summed E-state index contributed by atoms with van der Waals surface area (Å²) in [5, 5.41) is 8.36. The Bertz CT molecular complexity index is 720. The molecule has 1 fully saturated rings. The molecule has 6 heteroatoms. The fraction of sp³-hybridized carbons (Fsp3) is 0.500. The second-order valence-electron chi connectivity index (χ2n) is 6.75. The topological polar surface area (TPSA) is 60.2 Å². The minimum atomic E-state index is -0.0424. The Labute approximate surface area is 141 Å². The van der Waals surface area contributed by atoms with Crippen molar-refractivity contribution in [1.82, 2.24) is 19.9 Å². The maximum Gasteiger partial charge on any atom is 0.276 e. The second kappa shape index (κ2) is 6.36. The SMILES string of the molecule is CC1CCN(C(=O)c2nnn3c2CO[C@@H](c2ccccc2)C3)CC1. The van der Waals surface area contributed by atoms with Crippen molar-refractivity contribution in [2.45, 2.75) is 39.0 Å². The number of hydrogen-bond acceptors (Lipinski definition) is 4. The number of rotatable bonds is 2. The Morgan fingerprint density at radius 2 is 1.96 bits per heavy atom. The van der Waals surface area contributed by atoms with Gasteiger partial charge in [0.05, 0.1) is 18.8 Å². The summed E-state index contributed by atoms with van der Waals surface area (Å²) in [5.41, 5.74) is 2.37. The number of nitrogens with zero attached hydrogens (tertiary/aromatic N) is 4. The van der Waals surface area contributed by atoms with E-state index in [1.807, 2.05) is 39.9 Å². The van der Waals surface area contributed by atoms with E-state index in [1.165, 1.54) is 0 Å². The normalized spacial score (nSPS) is 21.5. The standard InChI is InChI=1S/C18H22N4O2/c1-13-7-9-21(10-8-13)18(23)17-15-12-24-16(11-22(15)20-19-17)14-5-3-2-4-6-14/h2-6,13,16H,7-12H2,1H3/t16-/m1/s1. The highest BCUT2D eigenvalue weighted by Crippen LogP contribution is 2.27. The first-order valence-electron chi connectivity index (χ1n) is 8.60. The van der Waals surface area contributed by atoms with Crippen molar-refractivity contribution in [3.05, 3.63) is 47.3 Å². The molecule has 0 bridgehead atoms. The van der Waals surface area contributed by atoms with E-state index in [1.54, 1.807) is 0 Å². The van der Waals surface area contributed by atoms with Crippen molar-refractivity contribution in [1.29, 1.82) is 0 Å². The lowest BCUT2D eigenvalue weighted by molar-refractivity contribution is -0.00200. The van der Waals surface area contributed by atoms with Gasteiger partial charge in [0.15, 0.2) is 5.69 Å². The lowest BCUT2D eigenvalue weighted by Gasteiger charge is -2.30. The van der Waals surface area contributed by atoms with Gasteiger partial charge in [-0.25, -0.2) is 4.68 Å². The van der Waals surface area contributed by atoms with Crippen LogP contribution in [0.2, 0.25) is 0 Å². The van der Waals surface area contributed by atoms with Crippen LogP contribution in [0.25, 0.3) is 0 Å². The maximum atomic E-state index is 12.7. The van der Waals surface area contributed by atoms with Gasteiger partial charge >= 0.3 is 0 Å². The van der Waals surface area contributed by atoms with Crippen molar-refractivity contribution < 1.29 is 9.53 Å². The molecule has 0 saturated carbocycles. The van der Waals surface area contributed by atoms with Crippen molar-refractivity contribution >= 4 is 5.91 Å². The molecule has 0 radical (unpaired) electrons. The lowest BCUT2D eigenvalue weighted by Crippen LogP contribution is -2.38. The molecule has 126 valence electrons. The molecule has 1 amide bonds. The first-order chi connectivity index (χ1) is 11.7. The Kier molecular flexibility index (Phi) is 4.06. The van der Waals surface area contributed by atoms with Crippen molar-refractivity contribution in [3.8, 4) is 0 Å². The fourth-order valence-electron chi connectivity index (χ4n) is 3.41. The van der Waals surface area contributed by atoms with Gasteiger partial charge in [-0.2, -0.15) is 0 Å². The molecule has 1 aromatic carbocycles. The van der Waals surface area contributed by atoms with Crippen LogP contribution < -0.4 is 0 Å². The predicted molar refractivity (Wildman–Crippen MR) is 88.3 cm³/mol. The third-order valence-electron chi connectivity index (χ3n) is 5.04. The van der Waals surface area contributed by atoms with Gasteiger partial charge < -0.3 is 9.64 Å². The van der Waals surface area contributed by atoms with Crippen molar-refractivity contribution in [2.75, 3.05) is 13.1 Å². The largest absolute Gasteiger partial charge is 0.365 e. The average Bonchev–Trinajstić information content (AvgIpc) is 3.05. The number of hydrogen-bond donors (Lipinski definition) is 0. The quantitative estimate of drug-likeness (QED) is 0.850. The van der Waals surface area contributed by atoms with Crippen LogP contribution in [0.3, 0.4) is 0 Å². The van der Waals surface area contributed by atoms with E-state index in [-0.39, 0.29) is 12.0 Å². The zero-order chi connectivity index (χ0) is 16.5. The van der Waals surface area contributed by atoms with E-state index in [0.29, 0.717) is 24.8 Å². The van der Waals surface area contributed by atoms with Gasteiger partial charge in [0.25, 0.3) is 5.91 Å². The lowest BCUT2D eigenvalue weighted by atomic mass is 9.99. The molecule has 1 saturated heterocycles. The summed E-state index contributed by atoms with van der Waals surface area (Å²) in [5.74, 6) is 0.683. The van der Waals surface area contributed by atoms with Crippen LogP contribution in [0.15, 0.2) is 30.3 Å². The van der Waals surface area contributed by atoms with E-state index in [2.05, 4.69) is 17.2 Å². The molecule has 24 heavy (non-hydrogen) atoms. The molecule has 1 aromatic heterocycles. The number of aromatic nitrogens is 3. The number of carbonyl (C=O) groups excluding carboxylic acids is 1. The smallest absolute Gasteiger partial charge is 0.276 e. The summed E-state index contributed by atoms with van der Waals surface area (Å²) >= 11 is 0. The number of likely N-dealkylation sites (tertiary alicyclic amines) is 1. The molecule has 0 N–H and O–H groups in total. The van der Waals surface area contributed by atoms with E-state index in [9.17, 15) is 4.79 Å².